The summed E-state index contributed by atoms with van der Waals surface area (Å²) >= 11 is 1.50. The molecule has 0 fully saturated rings. The molecule has 0 aromatic rings. The number of amides is 1. The summed E-state index contributed by atoms with van der Waals surface area (Å²) in [6.07, 6.45) is 1.55. The van der Waals surface area contributed by atoms with Crippen LogP contribution in [0.2, 0.25) is 0 Å². The zero-order valence-electron chi connectivity index (χ0n) is 5.94. The summed E-state index contributed by atoms with van der Waals surface area (Å²) in [6, 6.07) is 0.0395. The molecule has 0 aliphatic carbocycles. The highest BCUT2D eigenvalue weighted by Crippen LogP contribution is 2.29. The highest BCUT2D eigenvalue weighted by atomic mass is 32.2. The van der Waals surface area contributed by atoms with Crippen LogP contribution in [0.4, 0.5) is 0 Å². The summed E-state index contributed by atoms with van der Waals surface area (Å²) in [6.45, 7) is 1.83. The molecule has 0 bridgehead atoms. The predicted octanol–water partition coefficient (Wildman–Crippen LogP) is 1.02. The molecule has 0 aromatic carbocycles. The molecule has 2 rings (SSSR count). The summed E-state index contributed by atoms with van der Waals surface area (Å²) < 4.78 is 0. The minimum absolute atomic E-state index is 0.0395. The molecule has 0 saturated heterocycles. The van der Waals surface area contributed by atoms with Gasteiger partial charge in [0.15, 0.2) is 0 Å². The van der Waals surface area contributed by atoms with Crippen LogP contribution in [0.3, 0.4) is 0 Å². The van der Waals surface area contributed by atoms with Crippen LogP contribution in [0, 0.1) is 0 Å². The lowest BCUT2D eigenvalue weighted by molar-refractivity contribution is -0.113. The first-order valence-electron chi connectivity index (χ1n) is 3.26. The molecule has 1 unspecified atom stereocenters. The van der Waals surface area contributed by atoms with Gasteiger partial charge in [-0.3, -0.25) is 9.79 Å². The van der Waals surface area contributed by atoms with Crippen LogP contribution in [-0.4, -0.2) is 23.2 Å². The first-order valence-corrected chi connectivity index (χ1v) is 4.14. The van der Waals surface area contributed by atoms with E-state index in [1.807, 2.05) is 6.92 Å². The maximum atomic E-state index is 10.9. The van der Waals surface area contributed by atoms with E-state index in [9.17, 15) is 4.79 Å². The summed E-state index contributed by atoms with van der Waals surface area (Å²) in [5, 5.41) is 0. The van der Waals surface area contributed by atoms with Crippen molar-refractivity contribution in [3.63, 3.8) is 0 Å². The van der Waals surface area contributed by atoms with Crippen molar-refractivity contribution in [2.45, 2.75) is 13.0 Å². The lowest BCUT2D eigenvalue weighted by Gasteiger charge is -2.11. The Kier molecular flexibility index (Phi) is 1.42. The van der Waals surface area contributed by atoms with Crippen molar-refractivity contribution in [2.75, 3.05) is 0 Å². The number of fused-ring (bicyclic) bond motifs is 1. The third-order valence-corrected chi connectivity index (χ3v) is 2.46. The Bertz CT molecular complexity index is 304. The Morgan fingerprint density at radius 2 is 2.45 bits per heavy atom. The molecule has 0 N–H and O–H groups in total. The monoisotopic (exact) mass is 166 g/mol. The largest absolute Gasteiger partial charge is 0.271 e. The number of dihydropyridines is 1. The van der Waals surface area contributed by atoms with E-state index in [0.717, 1.165) is 10.6 Å². The van der Waals surface area contributed by atoms with Gasteiger partial charge in [-0.15, -0.1) is 0 Å². The third kappa shape index (κ3) is 1.03. The van der Waals surface area contributed by atoms with E-state index < -0.39 is 0 Å². The van der Waals surface area contributed by atoms with Gasteiger partial charge in [0.2, 0.25) is 0 Å². The van der Waals surface area contributed by atoms with Gasteiger partial charge in [-0.1, -0.05) is 11.8 Å². The number of nitrogens with zero attached hydrogens (tertiary/aromatic N) is 2. The third-order valence-electron chi connectivity index (χ3n) is 1.62. The molecule has 4 heteroatoms. The zero-order chi connectivity index (χ0) is 7.84. The fourth-order valence-corrected chi connectivity index (χ4v) is 1.94. The summed E-state index contributed by atoms with van der Waals surface area (Å²) in [5.41, 5.74) is 2.56. The second kappa shape index (κ2) is 2.30. The molecule has 56 valence electrons. The normalized spacial score (nSPS) is 28.1. The van der Waals surface area contributed by atoms with Crippen molar-refractivity contribution >= 4 is 28.9 Å². The summed E-state index contributed by atoms with van der Waals surface area (Å²) in [5.74, 6) is -0.160. The number of hydrogen-bond acceptors (Lipinski definition) is 3. The summed E-state index contributed by atoms with van der Waals surface area (Å²) in [7, 11) is 0. The van der Waals surface area contributed by atoms with Gasteiger partial charge in [0.25, 0.3) is 5.91 Å². The average Bonchev–Trinajstić information content (AvgIpc) is 2.34. The SMILES string of the molecule is CC1=NC(=O)C=C2SC=NC21. The zero-order valence-corrected chi connectivity index (χ0v) is 6.76. The standard InChI is InChI=1S/C7H6N2OS/c1-4-7-5(11-3-8-7)2-6(10)9-4/h2-3,7H,1H3. The molecule has 2 heterocycles. The Labute approximate surface area is 68.3 Å². The number of carbonyl (C=O) groups excluding carboxylic acids is 1. The molecule has 0 aromatic heterocycles. The van der Waals surface area contributed by atoms with Crippen molar-refractivity contribution in [3.8, 4) is 0 Å². The molecule has 2 aliphatic heterocycles. The average molecular weight is 166 g/mol. The maximum Gasteiger partial charge on any atom is 0.270 e. The molecule has 0 radical (unpaired) electrons. The lowest BCUT2D eigenvalue weighted by atomic mass is 10.1. The van der Waals surface area contributed by atoms with E-state index in [4.69, 9.17) is 0 Å². The molecule has 0 spiro atoms. The van der Waals surface area contributed by atoms with Gasteiger partial charge in [0.1, 0.15) is 6.04 Å². The Hall–Kier alpha value is -0.900. The van der Waals surface area contributed by atoms with Crippen molar-refractivity contribution < 1.29 is 4.79 Å². The van der Waals surface area contributed by atoms with Crippen LogP contribution in [0.5, 0.6) is 0 Å². The topological polar surface area (TPSA) is 41.8 Å². The maximum absolute atomic E-state index is 10.9. The van der Waals surface area contributed by atoms with E-state index >= 15 is 0 Å². The van der Waals surface area contributed by atoms with E-state index in [2.05, 4.69) is 9.98 Å². The molecule has 11 heavy (non-hydrogen) atoms. The second-order valence-corrected chi connectivity index (χ2v) is 3.33. The quantitative estimate of drug-likeness (QED) is 0.539. The van der Waals surface area contributed by atoms with Crippen LogP contribution < -0.4 is 0 Å². The van der Waals surface area contributed by atoms with Gasteiger partial charge < -0.3 is 0 Å². The van der Waals surface area contributed by atoms with E-state index in [1.54, 1.807) is 11.6 Å². The minimum atomic E-state index is -0.160. The Balaban J connectivity index is 2.41. The van der Waals surface area contributed by atoms with Crippen molar-refractivity contribution in [1.29, 1.82) is 0 Å². The molecular formula is C7H6N2OS. The fourth-order valence-electron chi connectivity index (χ4n) is 1.11. The number of thioether (sulfide) groups is 1. The van der Waals surface area contributed by atoms with E-state index in [0.29, 0.717) is 0 Å². The first-order chi connectivity index (χ1) is 5.27. The van der Waals surface area contributed by atoms with Gasteiger partial charge in [-0.05, 0) is 6.92 Å². The van der Waals surface area contributed by atoms with Gasteiger partial charge in [0, 0.05) is 16.7 Å². The molecule has 1 amide bonds. The van der Waals surface area contributed by atoms with Gasteiger partial charge >= 0.3 is 0 Å². The second-order valence-electron chi connectivity index (χ2n) is 2.41. The van der Waals surface area contributed by atoms with Crippen LogP contribution in [0.15, 0.2) is 21.0 Å². The molecule has 3 nitrogen and oxygen atoms in total. The number of carbonyl (C=O) groups is 1. The number of aliphatic imine (C=N–C) groups is 2. The smallest absolute Gasteiger partial charge is 0.270 e. The molecule has 0 saturated carbocycles. The van der Waals surface area contributed by atoms with Crippen molar-refractivity contribution in [2.24, 2.45) is 9.98 Å². The van der Waals surface area contributed by atoms with Crippen LogP contribution in [-0.2, 0) is 4.79 Å². The van der Waals surface area contributed by atoms with Crippen molar-refractivity contribution in [1.82, 2.24) is 0 Å². The van der Waals surface area contributed by atoms with Gasteiger partial charge in [0.05, 0.1) is 5.55 Å². The van der Waals surface area contributed by atoms with E-state index in [1.165, 1.54) is 11.8 Å². The fraction of sp³-hybridized carbons (Fsp3) is 0.286. The highest BCUT2D eigenvalue weighted by molar-refractivity contribution is 8.15. The van der Waals surface area contributed by atoms with Gasteiger partial charge in [-0.2, -0.15) is 0 Å². The van der Waals surface area contributed by atoms with Crippen LogP contribution in [0.25, 0.3) is 0 Å². The van der Waals surface area contributed by atoms with Gasteiger partial charge in [-0.25, -0.2) is 4.99 Å². The van der Waals surface area contributed by atoms with Crippen molar-refractivity contribution in [3.05, 3.63) is 11.0 Å². The minimum Gasteiger partial charge on any atom is -0.271 e. The summed E-state index contributed by atoms with van der Waals surface area (Å²) in [4.78, 5) is 19.8. The number of hydrogen-bond donors (Lipinski definition) is 0. The first kappa shape index (κ1) is 6.79. The lowest BCUT2D eigenvalue weighted by Crippen LogP contribution is -2.19. The molecular weight excluding hydrogens is 160 g/mol. The highest BCUT2D eigenvalue weighted by Gasteiger charge is 2.25. The Morgan fingerprint density at radius 1 is 1.64 bits per heavy atom. The molecule has 1 atom stereocenters. The number of rotatable bonds is 0. The van der Waals surface area contributed by atoms with Crippen LogP contribution in [0.1, 0.15) is 6.92 Å². The Morgan fingerprint density at radius 3 is 3.27 bits per heavy atom. The predicted molar refractivity (Wildman–Crippen MR) is 46.1 cm³/mol. The molecule has 2 aliphatic rings. The van der Waals surface area contributed by atoms with E-state index in [-0.39, 0.29) is 11.9 Å². The van der Waals surface area contributed by atoms with Crippen LogP contribution >= 0.6 is 11.8 Å².